The van der Waals surface area contributed by atoms with Crippen molar-refractivity contribution < 1.29 is 14.3 Å². The fourth-order valence-corrected chi connectivity index (χ4v) is 3.19. The Morgan fingerprint density at radius 1 is 1.17 bits per heavy atom. The molecule has 2 aliphatic carbocycles. The maximum Gasteiger partial charge on any atom is 0.274 e. The van der Waals surface area contributed by atoms with Crippen molar-refractivity contribution in [2.75, 3.05) is 6.79 Å². The second kappa shape index (κ2) is 5.26. The zero-order chi connectivity index (χ0) is 16.1. The van der Waals surface area contributed by atoms with Gasteiger partial charge >= 0.3 is 0 Å². The first kappa shape index (κ1) is 13.9. The average molecular weight is 325 g/mol. The van der Waals surface area contributed by atoms with Crippen molar-refractivity contribution in [2.24, 2.45) is 0 Å². The van der Waals surface area contributed by atoms with Crippen LogP contribution < -0.4 is 9.47 Å². The molecule has 3 aliphatic rings. The van der Waals surface area contributed by atoms with Crippen LogP contribution in [0.25, 0.3) is 0 Å². The van der Waals surface area contributed by atoms with Gasteiger partial charge in [0.25, 0.3) is 5.91 Å². The van der Waals surface area contributed by atoms with E-state index in [-0.39, 0.29) is 12.7 Å². The highest BCUT2D eigenvalue weighted by atomic mass is 16.7. The largest absolute Gasteiger partial charge is 0.454 e. The number of aromatic amines is 1. The van der Waals surface area contributed by atoms with Crippen molar-refractivity contribution in [2.45, 2.75) is 44.2 Å². The number of amides is 1. The van der Waals surface area contributed by atoms with Gasteiger partial charge in [0.15, 0.2) is 11.5 Å². The van der Waals surface area contributed by atoms with Gasteiger partial charge in [-0.2, -0.15) is 5.10 Å². The Bertz CT molecular complexity index is 793. The summed E-state index contributed by atoms with van der Waals surface area (Å²) in [4.78, 5) is 14.8. The van der Waals surface area contributed by atoms with E-state index in [1.165, 1.54) is 12.8 Å². The zero-order valence-electron chi connectivity index (χ0n) is 13.3. The topological polar surface area (TPSA) is 67.5 Å². The van der Waals surface area contributed by atoms with Crippen molar-refractivity contribution in [1.82, 2.24) is 15.1 Å². The summed E-state index contributed by atoms with van der Waals surface area (Å²) in [6.07, 6.45) is 4.52. The predicted octanol–water partition coefficient (Wildman–Crippen LogP) is 2.82. The number of fused-ring (bicyclic) bond motifs is 1. The third-order valence-corrected chi connectivity index (χ3v) is 4.87. The molecule has 6 heteroatoms. The summed E-state index contributed by atoms with van der Waals surface area (Å²) in [5, 5.41) is 7.27. The number of aromatic nitrogens is 2. The molecule has 1 aliphatic heterocycles. The minimum atomic E-state index is 0.0123. The smallest absolute Gasteiger partial charge is 0.274 e. The summed E-state index contributed by atoms with van der Waals surface area (Å²) in [6, 6.07) is 8.12. The number of benzene rings is 1. The van der Waals surface area contributed by atoms with Crippen molar-refractivity contribution in [1.29, 1.82) is 0 Å². The van der Waals surface area contributed by atoms with Gasteiger partial charge < -0.3 is 14.4 Å². The van der Waals surface area contributed by atoms with E-state index in [0.717, 1.165) is 35.6 Å². The highest BCUT2D eigenvalue weighted by Gasteiger charge is 2.35. The molecule has 24 heavy (non-hydrogen) atoms. The molecule has 0 bridgehead atoms. The number of hydrogen-bond donors (Lipinski definition) is 1. The van der Waals surface area contributed by atoms with Crippen molar-refractivity contribution in [3.05, 3.63) is 41.2 Å². The lowest BCUT2D eigenvalue weighted by atomic mass is 10.1. The second-order valence-electron chi connectivity index (χ2n) is 6.83. The number of carbonyl (C=O) groups excluding carboxylic acids is 1. The maximum atomic E-state index is 12.9. The Morgan fingerprint density at radius 2 is 2.00 bits per heavy atom. The van der Waals surface area contributed by atoms with E-state index < -0.39 is 0 Å². The molecule has 2 aromatic rings. The second-order valence-corrected chi connectivity index (χ2v) is 6.83. The van der Waals surface area contributed by atoms with E-state index in [2.05, 4.69) is 10.2 Å². The van der Waals surface area contributed by atoms with E-state index in [1.807, 2.05) is 29.2 Å². The fraction of sp³-hybridized carbons (Fsp3) is 0.444. The summed E-state index contributed by atoms with van der Waals surface area (Å²) in [5.74, 6) is 2.11. The standard InChI is InChI=1S/C18H19N3O3/c22-18(15-8-14(19-20-15)12-2-3-12)21(13-4-5-13)9-11-1-6-16-17(7-11)24-10-23-16/h1,6-8,12-13H,2-5,9-10H2,(H,19,20). The molecule has 1 aromatic heterocycles. The van der Waals surface area contributed by atoms with Crippen LogP contribution in [0.5, 0.6) is 11.5 Å². The lowest BCUT2D eigenvalue weighted by Gasteiger charge is -2.21. The Balaban J connectivity index is 1.37. The first-order valence-corrected chi connectivity index (χ1v) is 8.53. The van der Waals surface area contributed by atoms with Gasteiger partial charge in [-0.1, -0.05) is 6.07 Å². The summed E-state index contributed by atoms with van der Waals surface area (Å²) in [6.45, 7) is 0.840. The fourth-order valence-electron chi connectivity index (χ4n) is 3.19. The van der Waals surface area contributed by atoms with Crippen LogP contribution in [-0.4, -0.2) is 33.8 Å². The van der Waals surface area contributed by atoms with Gasteiger partial charge in [0.2, 0.25) is 6.79 Å². The molecule has 0 unspecified atom stereocenters. The molecular formula is C18H19N3O3. The first-order valence-electron chi connectivity index (χ1n) is 8.53. The molecule has 2 saturated carbocycles. The van der Waals surface area contributed by atoms with Crippen LogP contribution in [0.15, 0.2) is 24.3 Å². The van der Waals surface area contributed by atoms with Crippen LogP contribution in [0, 0.1) is 0 Å². The van der Waals surface area contributed by atoms with Gasteiger partial charge in [-0.15, -0.1) is 0 Å². The minimum Gasteiger partial charge on any atom is -0.454 e. The Labute approximate surface area is 139 Å². The molecule has 1 aromatic carbocycles. The molecule has 1 amide bonds. The van der Waals surface area contributed by atoms with E-state index >= 15 is 0 Å². The normalized spacial score (nSPS) is 18.7. The van der Waals surface area contributed by atoms with Gasteiger partial charge in [-0.3, -0.25) is 9.89 Å². The number of hydrogen-bond acceptors (Lipinski definition) is 4. The van der Waals surface area contributed by atoms with Crippen molar-refractivity contribution in [3.8, 4) is 11.5 Å². The number of nitrogens with one attached hydrogen (secondary N) is 1. The monoisotopic (exact) mass is 325 g/mol. The molecule has 0 saturated heterocycles. The van der Waals surface area contributed by atoms with Gasteiger partial charge in [0, 0.05) is 24.2 Å². The minimum absolute atomic E-state index is 0.0123. The molecule has 2 heterocycles. The van der Waals surface area contributed by atoms with Crippen LogP contribution >= 0.6 is 0 Å². The summed E-state index contributed by atoms with van der Waals surface area (Å²) in [7, 11) is 0. The van der Waals surface area contributed by atoms with Crippen LogP contribution in [0.2, 0.25) is 0 Å². The lowest BCUT2D eigenvalue weighted by Crippen LogP contribution is -2.32. The Kier molecular flexibility index (Phi) is 3.04. The highest BCUT2D eigenvalue weighted by Crippen LogP contribution is 2.39. The number of rotatable bonds is 5. The Hall–Kier alpha value is -2.50. The molecular weight excluding hydrogens is 306 g/mol. The SMILES string of the molecule is O=C(c1cc(C2CC2)[nH]n1)N(Cc1ccc2c(c1)OCO2)C1CC1. The highest BCUT2D eigenvalue weighted by molar-refractivity contribution is 5.92. The van der Waals surface area contributed by atoms with Crippen LogP contribution in [0.4, 0.5) is 0 Å². The van der Waals surface area contributed by atoms with E-state index in [1.54, 1.807) is 0 Å². The molecule has 5 rings (SSSR count). The van der Waals surface area contributed by atoms with Crippen LogP contribution in [0.3, 0.4) is 0 Å². The number of nitrogens with zero attached hydrogens (tertiary/aromatic N) is 2. The number of ether oxygens (including phenoxy) is 2. The molecule has 124 valence electrons. The summed E-state index contributed by atoms with van der Waals surface area (Å²) < 4.78 is 10.8. The van der Waals surface area contributed by atoms with Crippen LogP contribution in [-0.2, 0) is 6.54 Å². The lowest BCUT2D eigenvalue weighted by molar-refractivity contribution is 0.0723. The molecule has 1 N–H and O–H groups in total. The summed E-state index contributed by atoms with van der Waals surface area (Å²) in [5.41, 5.74) is 2.68. The third-order valence-electron chi connectivity index (χ3n) is 4.87. The maximum absolute atomic E-state index is 12.9. The molecule has 6 nitrogen and oxygen atoms in total. The number of H-pyrrole nitrogens is 1. The van der Waals surface area contributed by atoms with Gasteiger partial charge in [0.1, 0.15) is 5.69 Å². The van der Waals surface area contributed by atoms with Gasteiger partial charge in [-0.25, -0.2) is 0 Å². The molecule has 0 radical (unpaired) electrons. The zero-order valence-corrected chi connectivity index (χ0v) is 13.3. The van der Waals surface area contributed by atoms with Crippen LogP contribution in [0.1, 0.15) is 53.3 Å². The summed E-state index contributed by atoms with van der Waals surface area (Å²) >= 11 is 0. The Morgan fingerprint density at radius 3 is 2.79 bits per heavy atom. The first-order chi connectivity index (χ1) is 11.8. The third kappa shape index (κ3) is 2.52. The van der Waals surface area contributed by atoms with E-state index in [0.29, 0.717) is 24.2 Å². The van der Waals surface area contributed by atoms with Gasteiger partial charge in [0.05, 0.1) is 0 Å². The van der Waals surface area contributed by atoms with E-state index in [4.69, 9.17) is 9.47 Å². The molecule has 0 atom stereocenters. The predicted molar refractivity (Wildman–Crippen MR) is 86.0 cm³/mol. The molecule has 2 fully saturated rings. The van der Waals surface area contributed by atoms with Gasteiger partial charge in [-0.05, 0) is 49.4 Å². The quantitative estimate of drug-likeness (QED) is 0.918. The van der Waals surface area contributed by atoms with E-state index in [9.17, 15) is 4.79 Å². The molecule has 0 spiro atoms. The van der Waals surface area contributed by atoms with Crippen molar-refractivity contribution >= 4 is 5.91 Å². The van der Waals surface area contributed by atoms with Crippen molar-refractivity contribution in [3.63, 3.8) is 0 Å². The number of carbonyl (C=O) groups is 1. The average Bonchev–Trinajstić information content (AvgIpc) is 3.52.